The smallest absolute Gasteiger partial charge is 0.179 e. The molecule has 0 aliphatic rings. The van der Waals surface area contributed by atoms with Gasteiger partial charge in [-0.15, -0.1) is 0 Å². The van der Waals surface area contributed by atoms with Gasteiger partial charge in [-0.3, -0.25) is 0 Å². The van der Waals surface area contributed by atoms with Crippen LogP contribution in [0.15, 0.2) is 358 Å². The van der Waals surface area contributed by atoms with E-state index in [9.17, 15) is 0 Å². The van der Waals surface area contributed by atoms with Crippen molar-refractivity contribution < 1.29 is 0 Å². The van der Waals surface area contributed by atoms with E-state index < -0.39 is 8.07 Å². The molecule has 86 heavy (non-hydrogen) atoms. The maximum absolute atomic E-state index is 2.63. The Balaban J connectivity index is 0.752. The zero-order valence-corrected chi connectivity index (χ0v) is 48.5. The number of fused-ring (bicyclic) bond motifs is 3. The van der Waals surface area contributed by atoms with Crippen molar-refractivity contribution in [3.63, 3.8) is 0 Å². The molecule has 0 amide bonds. The molecule has 404 valence electrons. The van der Waals surface area contributed by atoms with E-state index in [2.05, 4.69) is 363 Å². The molecule has 0 aliphatic heterocycles. The standard InChI is InChI=1S/C84H59NSi/c1-6-16-60(17-7-1)69-32-26-66-28-34-71(56-75(66)54-69)62-38-46-78(47-39-62)85(79-48-40-63(41-49-79)72-35-29-67-27-33-70(55-76(67)57-72)61-18-8-2-9-19-61)80-50-42-64(43-51-80)73-36-30-68-31-37-74(59-77(68)58-73)65-44-52-84(53-45-65)86(81-20-10-3-11-21-81,82-22-12-4-13-23-82)83-24-14-5-15-25-83/h1-59H. The Bertz CT molecular complexity index is 4590. The summed E-state index contributed by atoms with van der Waals surface area (Å²) in [6.45, 7) is 0. The van der Waals surface area contributed by atoms with E-state index in [0.29, 0.717) is 0 Å². The van der Waals surface area contributed by atoms with Crippen LogP contribution in [0.2, 0.25) is 0 Å². The minimum Gasteiger partial charge on any atom is -0.311 e. The van der Waals surface area contributed by atoms with Gasteiger partial charge in [-0.25, -0.2) is 0 Å². The van der Waals surface area contributed by atoms with E-state index in [1.165, 1.54) is 120 Å². The molecule has 15 aromatic rings. The Morgan fingerprint density at radius 3 is 0.605 bits per heavy atom. The van der Waals surface area contributed by atoms with Crippen LogP contribution in [-0.4, -0.2) is 8.07 Å². The number of hydrogen-bond donors (Lipinski definition) is 0. The van der Waals surface area contributed by atoms with Gasteiger partial charge < -0.3 is 4.90 Å². The van der Waals surface area contributed by atoms with Crippen molar-refractivity contribution in [1.82, 2.24) is 0 Å². The Morgan fingerprint density at radius 1 is 0.151 bits per heavy atom. The summed E-state index contributed by atoms with van der Waals surface area (Å²) < 4.78 is 0. The fourth-order valence-corrected chi connectivity index (χ4v) is 17.7. The number of hydrogen-bond acceptors (Lipinski definition) is 1. The third-order valence-electron chi connectivity index (χ3n) is 17.4. The highest BCUT2D eigenvalue weighted by Gasteiger charge is 2.41. The summed E-state index contributed by atoms with van der Waals surface area (Å²) in [7, 11) is -2.63. The molecule has 0 radical (unpaired) electrons. The van der Waals surface area contributed by atoms with Crippen LogP contribution in [-0.2, 0) is 0 Å². The van der Waals surface area contributed by atoms with E-state index in [0.717, 1.165) is 17.1 Å². The molecular weight excluding hydrogens is 1050 g/mol. The van der Waals surface area contributed by atoms with Gasteiger partial charge in [0, 0.05) is 17.1 Å². The molecule has 0 heterocycles. The maximum atomic E-state index is 2.39. The minimum atomic E-state index is -2.63. The molecule has 0 atom stereocenters. The SMILES string of the molecule is c1ccc(-c2ccc3ccc(-c4ccc(N(c5ccc(-c6ccc7ccc(-c8ccccc8)cc7c6)cc5)c5ccc(-c6ccc7ccc(-c8ccc([Si](c9ccccc9)(c9ccccc9)c9ccccc9)cc8)cc7c6)cc5)cc4)cc3c2)cc1. The van der Waals surface area contributed by atoms with Crippen molar-refractivity contribution in [2.24, 2.45) is 0 Å². The fourth-order valence-electron chi connectivity index (χ4n) is 12.9. The van der Waals surface area contributed by atoms with Gasteiger partial charge in [0.1, 0.15) is 0 Å². The Morgan fingerprint density at radius 2 is 0.349 bits per heavy atom. The molecule has 1 nitrogen and oxygen atoms in total. The molecule has 15 aromatic carbocycles. The predicted molar refractivity (Wildman–Crippen MR) is 370 cm³/mol. The molecule has 0 N–H and O–H groups in total. The summed E-state index contributed by atoms with van der Waals surface area (Å²) >= 11 is 0. The molecule has 2 heteroatoms. The van der Waals surface area contributed by atoms with Gasteiger partial charge in [-0.2, -0.15) is 0 Å². The van der Waals surface area contributed by atoms with Crippen LogP contribution in [0.3, 0.4) is 0 Å². The second-order valence-corrected chi connectivity index (χ2v) is 26.3. The van der Waals surface area contributed by atoms with Crippen LogP contribution in [0.1, 0.15) is 0 Å². The van der Waals surface area contributed by atoms with Crippen LogP contribution in [0.5, 0.6) is 0 Å². The van der Waals surface area contributed by atoms with E-state index in [4.69, 9.17) is 0 Å². The molecular formula is C84H59NSi. The van der Waals surface area contributed by atoms with Crippen molar-refractivity contribution in [1.29, 1.82) is 0 Å². The van der Waals surface area contributed by atoms with Gasteiger partial charge in [0.2, 0.25) is 0 Å². The van der Waals surface area contributed by atoms with Gasteiger partial charge in [-0.05, 0) is 193 Å². The summed E-state index contributed by atoms with van der Waals surface area (Å²) in [6.07, 6.45) is 0. The average Bonchev–Trinajstić information content (AvgIpc) is 1.40. The lowest BCUT2D eigenvalue weighted by atomic mass is 9.97. The quantitative estimate of drug-likeness (QED) is 0.0822. The van der Waals surface area contributed by atoms with E-state index in [1.807, 2.05) is 0 Å². The van der Waals surface area contributed by atoms with Gasteiger partial charge in [-0.1, -0.05) is 285 Å². The van der Waals surface area contributed by atoms with E-state index >= 15 is 0 Å². The first-order valence-corrected chi connectivity index (χ1v) is 31.7. The van der Waals surface area contributed by atoms with Crippen molar-refractivity contribution >= 4 is 78.2 Å². The molecule has 0 spiro atoms. The summed E-state index contributed by atoms with van der Waals surface area (Å²) in [4.78, 5) is 2.38. The lowest BCUT2D eigenvalue weighted by Gasteiger charge is -2.34. The zero-order valence-electron chi connectivity index (χ0n) is 47.5. The average molecular weight is 1110 g/mol. The normalized spacial score (nSPS) is 11.5. The maximum Gasteiger partial charge on any atom is 0.179 e. The summed E-state index contributed by atoms with van der Waals surface area (Å²) in [5, 5.41) is 12.8. The lowest BCUT2D eigenvalue weighted by Crippen LogP contribution is -2.74. The van der Waals surface area contributed by atoms with Crippen LogP contribution < -0.4 is 25.6 Å². The largest absolute Gasteiger partial charge is 0.311 e. The molecule has 0 aliphatic carbocycles. The number of anilines is 3. The molecule has 0 aromatic heterocycles. The highest BCUT2D eigenvalue weighted by molar-refractivity contribution is 7.19. The van der Waals surface area contributed by atoms with Crippen LogP contribution >= 0.6 is 0 Å². The Labute approximate surface area is 504 Å². The molecule has 0 fully saturated rings. The first kappa shape index (κ1) is 51.9. The topological polar surface area (TPSA) is 3.24 Å². The third-order valence-corrected chi connectivity index (χ3v) is 22.2. The van der Waals surface area contributed by atoms with Crippen LogP contribution in [0.4, 0.5) is 17.1 Å². The Hall–Kier alpha value is -10.9. The first-order valence-electron chi connectivity index (χ1n) is 29.7. The fraction of sp³-hybridized carbons (Fsp3) is 0. The van der Waals surface area contributed by atoms with Crippen molar-refractivity contribution in [3.05, 3.63) is 358 Å². The summed E-state index contributed by atoms with van der Waals surface area (Å²) in [6, 6.07) is 132. The number of rotatable bonds is 13. The Kier molecular flexibility index (Phi) is 13.7. The second-order valence-electron chi connectivity index (χ2n) is 22.5. The first-order chi connectivity index (χ1) is 42.6. The van der Waals surface area contributed by atoms with Crippen LogP contribution in [0, 0.1) is 0 Å². The van der Waals surface area contributed by atoms with Gasteiger partial charge in [0.25, 0.3) is 0 Å². The molecule has 0 saturated heterocycles. The van der Waals surface area contributed by atoms with E-state index in [-0.39, 0.29) is 0 Å². The minimum absolute atomic E-state index is 1.08. The van der Waals surface area contributed by atoms with E-state index in [1.54, 1.807) is 0 Å². The molecule has 15 rings (SSSR count). The van der Waals surface area contributed by atoms with Gasteiger partial charge in [0.15, 0.2) is 8.07 Å². The van der Waals surface area contributed by atoms with Crippen LogP contribution in [0.25, 0.3) is 99.1 Å². The highest BCUT2D eigenvalue weighted by atomic mass is 28.3. The number of nitrogens with zero attached hydrogens (tertiary/aromatic N) is 1. The van der Waals surface area contributed by atoms with Crippen molar-refractivity contribution in [2.75, 3.05) is 4.90 Å². The van der Waals surface area contributed by atoms with Crippen molar-refractivity contribution in [2.45, 2.75) is 0 Å². The predicted octanol–water partition coefficient (Wildman–Crippen LogP) is 20.0. The third kappa shape index (κ3) is 9.98. The second kappa shape index (κ2) is 22.7. The molecule has 0 unspecified atom stereocenters. The summed E-state index contributed by atoms with van der Waals surface area (Å²) in [5.41, 5.74) is 17.6. The monoisotopic (exact) mass is 1110 g/mol. The van der Waals surface area contributed by atoms with Gasteiger partial charge >= 0.3 is 0 Å². The highest BCUT2D eigenvalue weighted by Crippen LogP contribution is 2.40. The summed E-state index contributed by atoms with van der Waals surface area (Å²) in [5.74, 6) is 0. The van der Waals surface area contributed by atoms with Gasteiger partial charge in [0.05, 0.1) is 0 Å². The lowest BCUT2D eigenvalue weighted by molar-refractivity contribution is 1.28. The molecule has 0 saturated carbocycles. The number of benzene rings is 15. The van der Waals surface area contributed by atoms with Crippen molar-refractivity contribution in [3.8, 4) is 66.8 Å². The zero-order chi connectivity index (χ0) is 57.2. The molecule has 0 bridgehead atoms.